The standard InChI is InChI=1S/C15H22BNO3/c1-14(2)10-16(20-15(14,3)4)12-6-11(8-17-9-12)7-13(18)19-5/h6,8-9H,7,10H2,1-5H3. The molecule has 1 aliphatic heterocycles. The molecule has 0 N–H and O–H groups in total. The molecule has 1 aromatic heterocycles. The number of carbonyl (C=O) groups excluding carboxylic acids is 1. The van der Waals surface area contributed by atoms with Crippen molar-refractivity contribution in [3.8, 4) is 0 Å². The Balaban J connectivity index is 2.19. The molecule has 0 saturated carbocycles. The van der Waals surface area contributed by atoms with E-state index in [2.05, 4.69) is 37.4 Å². The first-order chi connectivity index (χ1) is 9.25. The lowest BCUT2D eigenvalue weighted by molar-refractivity contribution is -0.139. The summed E-state index contributed by atoms with van der Waals surface area (Å²) in [6.07, 6.45) is 4.72. The van der Waals surface area contributed by atoms with Crippen LogP contribution < -0.4 is 5.46 Å². The summed E-state index contributed by atoms with van der Waals surface area (Å²) in [4.78, 5) is 15.6. The number of carbonyl (C=O) groups is 1. The first-order valence-corrected chi connectivity index (χ1v) is 6.94. The van der Waals surface area contributed by atoms with Gasteiger partial charge < -0.3 is 9.39 Å². The molecular weight excluding hydrogens is 253 g/mol. The zero-order valence-corrected chi connectivity index (χ0v) is 12.9. The number of aromatic nitrogens is 1. The Hall–Kier alpha value is -1.36. The fraction of sp³-hybridized carbons (Fsp3) is 0.600. The van der Waals surface area contributed by atoms with E-state index in [1.54, 1.807) is 6.20 Å². The van der Waals surface area contributed by atoms with E-state index in [1.807, 2.05) is 12.3 Å². The number of esters is 1. The van der Waals surface area contributed by atoms with Gasteiger partial charge in [-0.15, -0.1) is 0 Å². The molecule has 0 unspecified atom stereocenters. The molecule has 20 heavy (non-hydrogen) atoms. The highest BCUT2D eigenvalue weighted by molar-refractivity contribution is 6.68. The van der Waals surface area contributed by atoms with Gasteiger partial charge in [-0.05, 0) is 36.6 Å². The van der Waals surface area contributed by atoms with Crippen molar-refractivity contribution in [1.82, 2.24) is 4.98 Å². The number of methoxy groups -OCH3 is 1. The zero-order valence-electron chi connectivity index (χ0n) is 12.9. The summed E-state index contributed by atoms with van der Waals surface area (Å²) in [5.41, 5.74) is 1.83. The fourth-order valence-electron chi connectivity index (χ4n) is 2.47. The zero-order chi connectivity index (χ0) is 15.0. The summed E-state index contributed by atoms with van der Waals surface area (Å²) >= 11 is 0. The summed E-state index contributed by atoms with van der Waals surface area (Å²) < 4.78 is 10.9. The van der Waals surface area contributed by atoms with Crippen LogP contribution in [-0.4, -0.2) is 30.6 Å². The van der Waals surface area contributed by atoms with Crippen molar-refractivity contribution in [3.05, 3.63) is 24.0 Å². The molecule has 1 aromatic rings. The highest BCUT2D eigenvalue weighted by Crippen LogP contribution is 2.44. The predicted octanol–water partition coefficient (Wildman–Crippen LogP) is 1.83. The molecule has 0 aromatic carbocycles. The third-order valence-electron chi connectivity index (χ3n) is 4.53. The Morgan fingerprint density at radius 2 is 2.10 bits per heavy atom. The van der Waals surface area contributed by atoms with Gasteiger partial charge in [0.05, 0.1) is 19.1 Å². The van der Waals surface area contributed by atoms with Gasteiger partial charge in [0.1, 0.15) is 0 Å². The van der Waals surface area contributed by atoms with E-state index in [0.29, 0.717) is 0 Å². The smallest absolute Gasteiger partial charge is 0.329 e. The summed E-state index contributed by atoms with van der Waals surface area (Å²) in [5, 5.41) is 0. The van der Waals surface area contributed by atoms with E-state index in [1.165, 1.54) is 7.11 Å². The van der Waals surface area contributed by atoms with Crippen molar-refractivity contribution in [2.24, 2.45) is 5.41 Å². The van der Waals surface area contributed by atoms with Crippen molar-refractivity contribution in [2.45, 2.75) is 46.0 Å². The van der Waals surface area contributed by atoms with Crippen molar-refractivity contribution >= 4 is 18.3 Å². The third kappa shape index (κ3) is 2.87. The molecule has 0 atom stereocenters. The van der Waals surface area contributed by atoms with Gasteiger partial charge in [-0.1, -0.05) is 19.9 Å². The van der Waals surface area contributed by atoms with Crippen molar-refractivity contribution in [3.63, 3.8) is 0 Å². The normalized spacial score (nSPS) is 19.9. The van der Waals surface area contributed by atoms with Gasteiger partial charge >= 0.3 is 12.9 Å². The molecule has 0 spiro atoms. The van der Waals surface area contributed by atoms with Gasteiger partial charge in [-0.2, -0.15) is 0 Å². The lowest BCUT2D eigenvalue weighted by Crippen LogP contribution is -2.36. The van der Waals surface area contributed by atoms with Crippen LogP contribution >= 0.6 is 0 Å². The third-order valence-corrected chi connectivity index (χ3v) is 4.53. The molecule has 0 bridgehead atoms. The number of hydrogen-bond donors (Lipinski definition) is 0. The van der Waals surface area contributed by atoms with Gasteiger partial charge in [-0.25, -0.2) is 0 Å². The van der Waals surface area contributed by atoms with Crippen LogP contribution in [0.15, 0.2) is 18.5 Å². The van der Waals surface area contributed by atoms with E-state index in [0.717, 1.165) is 17.3 Å². The molecule has 0 amide bonds. The number of pyridine rings is 1. The topological polar surface area (TPSA) is 48.4 Å². The minimum absolute atomic E-state index is 0.0325. The van der Waals surface area contributed by atoms with Crippen LogP contribution in [0.3, 0.4) is 0 Å². The molecule has 1 saturated heterocycles. The van der Waals surface area contributed by atoms with Gasteiger partial charge in [0.25, 0.3) is 0 Å². The number of rotatable bonds is 3. The second kappa shape index (κ2) is 5.21. The lowest BCUT2D eigenvalue weighted by atomic mass is 9.54. The molecule has 2 heterocycles. The minimum atomic E-state index is -0.253. The summed E-state index contributed by atoms with van der Waals surface area (Å²) in [5.74, 6) is -0.253. The van der Waals surface area contributed by atoms with Crippen LogP contribution in [0, 0.1) is 5.41 Å². The quantitative estimate of drug-likeness (QED) is 0.623. The maximum Gasteiger partial charge on any atom is 0.329 e. The average Bonchev–Trinajstić information content (AvgIpc) is 2.59. The first-order valence-electron chi connectivity index (χ1n) is 6.94. The molecule has 5 heteroatoms. The van der Waals surface area contributed by atoms with E-state index >= 15 is 0 Å². The maximum atomic E-state index is 11.3. The molecule has 0 aliphatic carbocycles. The van der Waals surface area contributed by atoms with Crippen LogP contribution in [0.4, 0.5) is 0 Å². The van der Waals surface area contributed by atoms with Crippen LogP contribution in [0.1, 0.15) is 33.3 Å². The van der Waals surface area contributed by atoms with Gasteiger partial charge in [0, 0.05) is 12.4 Å². The van der Waals surface area contributed by atoms with Gasteiger partial charge in [0.2, 0.25) is 0 Å². The van der Waals surface area contributed by atoms with Crippen LogP contribution in [0.25, 0.3) is 0 Å². The molecule has 2 rings (SSSR count). The minimum Gasteiger partial charge on any atom is -0.469 e. The Morgan fingerprint density at radius 1 is 1.40 bits per heavy atom. The van der Waals surface area contributed by atoms with Gasteiger partial charge in [0.15, 0.2) is 0 Å². The van der Waals surface area contributed by atoms with E-state index in [4.69, 9.17) is 4.65 Å². The fourth-order valence-corrected chi connectivity index (χ4v) is 2.47. The molecule has 108 valence electrons. The van der Waals surface area contributed by atoms with Crippen LogP contribution in [0.2, 0.25) is 6.32 Å². The summed E-state index contributed by atoms with van der Waals surface area (Å²) in [6, 6.07) is 1.99. The number of ether oxygens (including phenoxy) is 1. The molecular formula is C15H22BNO3. The van der Waals surface area contributed by atoms with Crippen molar-refractivity contribution in [2.75, 3.05) is 7.11 Å². The summed E-state index contributed by atoms with van der Waals surface area (Å²) in [6.45, 7) is 8.72. The Labute approximate surface area is 121 Å². The largest absolute Gasteiger partial charge is 0.469 e. The maximum absolute atomic E-state index is 11.3. The number of nitrogens with zero attached hydrogens (tertiary/aromatic N) is 1. The highest BCUT2D eigenvalue weighted by Gasteiger charge is 2.49. The lowest BCUT2D eigenvalue weighted by Gasteiger charge is -2.34. The molecule has 1 aliphatic rings. The van der Waals surface area contributed by atoms with Gasteiger partial charge in [-0.3, -0.25) is 9.78 Å². The average molecular weight is 275 g/mol. The molecule has 0 radical (unpaired) electrons. The van der Waals surface area contributed by atoms with E-state index < -0.39 is 0 Å². The Bertz CT molecular complexity index is 498. The van der Waals surface area contributed by atoms with Crippen molar-refractivity contribution in [1.29, 1.82) is 0 Å². The number of hydrogen-bond acceptors (Lipinski definition) is 4. The highest BCUT2D eigenvalue weighted by atomic mass is 16.5. The van der Waals surface area contributed by atoms with E-state index in [-0.39, 0.29) is 30.3 Å². The second-order valence-electron chi connectivity index (χ2n) is 6.58. The second-order valence-corrected chi connectivity index (χ2v) is 6.58. The van der Waals surface area contributed by atoms with Crippen LogP contribution in [0.5, 0.6) is 0 Å². The summed E-state index contributed by atoms with van der Waals surface area (Å²) in [7, 11) is 1.39. The van der Waals surface area contributed by atoms with Crippen molar-refractivity contribution < 1.29 is 14.2 Å². The predicted molar refractivity (Wildman–Crippen MR) is 79.1 cm³/mol. The molecule has 4 nitrogen and oxygen atoms in total. The monoisotopic (exact) mass is 275 g/mol. The molecule has 1 fully saturated rings. The Kier molecular flexibility index (Phi) is 3.92. The van der Waals surface area contributed by atoms with E-state index in [9.17, 15) is 4.79 Å². The first kappa shape index (κ1) is 15.0. The van der Waals surface area contributed by atoms with Crippen LogP contribution in [-0.2, 0) is 20.6 Å². The Morgan fingerprint density at radius 3 is 2.65 bits per heavy atom. The SMILES string of the molecule is COC(=O)Cc1cncc(B2CC(C)(C)C(C)(C)O2)c1.